The number of aliphatic hydroxyl groups excluding tert-OH is 1. The first kappa shape index (κ1) is 37.8. The number of carbonyl (C=O) groups excluding carboxylic acids is 6. The summed E-state index contributed by atoms with van der Waals surface area (Å²) < 4.78 is 35.6. The van der Waals surface area contributed by atoms with Crippen molar-refractivity contribution < 1.29 is 67.4 Å². The first-order chi connectivity index (χ1) is 23.9. The van der Waals surface area contributed by atoms with Crippen LogP contribution in [0.2, 0.25) is 0 Å². The molecule has 1 heterocycles. The molecule has 0 radical (unpaired) electrons. The number of ketones is 1. The van der Waals surface area contributed by atoms with Gasteiger partial charge in [0.1, 0.15) is 23.9 Å². The van der Waals surface area contributed by atoms with Crippen LogP contribution in [0.1, 0.15) is 59.9 Å². The van der Waals surface area contributed by atoms with Crippen LogP contribution in [0.25, 0.3) is 6.08 Å². The summed E-state index contributed by atoms with van der Waals surface area (Å²) in [5.74, 6) is -7.50. The summed E-state index contributed by atoms with van der Waals surface area (Å²) in [4.78, 5) is 79.0. The van der Waals surface area contributed by atoms with Crippen molar-refractivity contribution in [3.63, 3.8) is 0 Å². The van der Waals surface area contributed by atoms with Crippen LogP contribution in [-0.2, 0) is 57.2 Å². The average molecular weight is 713 g/mol. The normalized spacial score (nSPS) is 38.5. The highest BCUT2D eigenvalue weighted by molar-refractivity contribution is 5.91. The van der Waals surface area contributed by atoms with Crippen LogP contribution in [0, 0.1) is 22.7 Å². The van der Waals surface area contributed by atoms with E-state index in [-0.39, 0.29) is 25.0 Å². The lowest BCUT2D eigenvalue weighted by Crippen LogP contribution is -2.81. The molecule has 11 atom stereocenters. The molecular formula is C37H44O14. The minimum absolute atomic E-state index is 0.0626. The SMILES string of the molecule is C=C1C(OC(=O)/C=C/c2ccccc2)CC(OC(C)=O)[C@@]2(CO)C(OC(C)=O)C(OC(C)=O)[C@@]3(O)[C@@]4(C)OC[C@]3(C)[C@@H](CC4=O)C(OC(C)=O)[C@H]12. The lowest BCUT2D eigenvalue weighted by molar-refractivity contribution is -0.302. The molecule has 3 saturated carbocycles. The lowest BCUT2D eigenvalue weighted by atomic mass is 9.43. The van der Waals surface area contributed by atoms with Gasteiger partial charge in [-0.3, -0.25) is 24.0 Å². The Hall–Kier alpha value is -4.40. The highest BCUT2D eigenvalue weighted by atomic mass is 16.6. The molecule has 1 aromatic rings. The van der Waals surface area contributed by atoms with Gasteiger partial charge in [-0.05, 0) is 24.1 Å². The zero-order valence-electron chi connectivity index (χ0n) is 29.4. The molecule has 3 aliphatic carbocycles. The Labute approximate surface area is 295 Å². The number of rotatable bonds is 8. The van der Waals surface area contributed by atoms with Crippen LogP contribution in [0.15, 0.2) is 48.6 Å². The second-order valence-electron chi connectivity index (χ2n) is 14.2. The maximum Gasteiger partial charge on any atom is 0.331 e. The van der Waals surface area contributed by atoms with E-state index in [2.05, 4.69) is 6.58 Å². The molecule has 0 spiro atoms. The Kier molecular flexibility index (Phi) is 10.1. The smallest absolute Gasteiger partial charge is 0.331 e. The summed E-state index contributed by atoms with van der Waals surface area (Å²) >= 11 is 0. The van der Waals surface area contributed by atoms with Gasteiger partial charge in [-0.25, -0.2) is 4.79 Å². The van der Waals surface area contributed by atoms with Gasteiger partial charge in [0.25, 0.3) is 0 Å². The first-order valence-corrected chi connectivity index (χ1v) is 16.7. The number of ether oxygens (including phenoxy) is 6. The molecule has 276 valence electrons. The molecule has 14 nitrogen and oxygen atoms in total. The monoisotopic (exact) mass is 712 g/mol. The molecular weight excluding hydrogens is 668 g/mol. The number of hydrogen-bond donors (Lipinski definition) is 2. The Balaban J connectivity index is 1.79. The second-order valence-corrected chi connectivity index (χ2v) is 14.2. The van der Waals surface area contributed by atoms with Crippen LogP contribution in [0.3, 0.4) is 0 Å². The summed E-state index contributed by atoms with van der Waals surface area (Å²) in [5.41, 5.74) is -7.37. The topological polar surface area (TPSA) is 198 Å². The lowest BCUT2D eigenvalue weighted by Gasteiger charge is -2.65. The number of fused-ring (bicyclic) bond motifs is 1. The summed E-state index contributed by atoms with van der Waals surface area (Å²) in [5, 5.41) is 24.7. The largest absolute Gasteiger partial charge is 0.462 e. The van der Waals surface area contributed by atoms with Crippen LogP contribution >= 0.6 is 0 Å². The van der Waals surface area contributed by atoms with Gasteiger partial charge in [-0.2, -0.15) is 0 Å². The van der Waals surface area contributed by atoms with Gasteiger partial charge in [0.05, 0.1) is 18.6 Å². The predicted octanol–water partition coefficient (Wildman–Crippen LogP) is 2.02. The van der Waals surface area contributed by atoms with E-state index in [1.807, 2.05) is 6.07 Å². The molecule has 0 aromatic heterocycles. The van der Waals surface area contributed by atoms with Crippen molar-refractivity contribution in [2.75, 3.05) is 13.2 Å². The fraction of sp³-hybridized carbons (Fsp3) is 0.568. The Bertz CT molecular complexity index is 1650. The average Bonchev–Trinajstić information content (AvgIpc) is 3.19. The van der Waals surface area contributed by atoms with E-state index in [1.165, 1.54) is 19.1 Å². The van der Waals surface area contributed by atoms with E-state index < -0.39 is 107 Å². The number of carbonyl (C=O) groups is 6. The van der Waals surface area contributed by atoms with Crippen molar-refractivity contribution in [1.82, 2.24) is 0 Å². The Morgan fingerprint density at radius 2 is 1.49 bits per heavy atom. The number of hydrogen-bond acceptors (Lipinski definition) is 14. The molecule has 1 aliphatic heterocycles. The standard InChI is InChI=1S/C37H44O14/c1-19-26(51-29(44)14-13-24-11-9-8-10-12-24)16-28(47-20(2)39)36(17-38)30(19)31(48-21(3)40)25-15-27(43)35(7)37(45,34(25,6)18-46-35)33(50-23(5)42)32(36)49-22(4)41/h8-14,25-26,28,30-33,38,45H,1,15-18H2,2-7H3/b14-13+/t25-,26?,28?,30-,31?,32?,33?,34+,35-,36+,37-/m0/s1. The van der Waals surface area contributed by atoms with Crippen molar-refractivity contribution in [2.24, 2.45) is 22.7 Å². The van der Waals surface area contributed by atoms with Crippen LogP contribution in [0.4, 0.5) is 0 Å². The van der Waals surface area contributed by atoms with Gasteiger partial charge in [-0.15, -0.1) is 0 Å². The zero-order chi connectivity index (χ0) is 37.7. The van der Waals surface area contributed by atoms with E-state index in [4.69, 9.17) is 28.4 Å². The third kappa shape index (κ3) is 5.96. The Morgan fingerprint density at radius 3 is 2.06 bits per heavy atom. The van der Waals surface area contributed by atoms with Crippen molar-refractivity contribution in [2.45, 2.75) is 96.1 Å². The molecule has 51 heavy (non-hydrogen) atoms. The summed E-state index contributed by atoms with van der Waals surface area (Å²) in [7, 11) is 0. The minimum atomic E-state index is -2.47. The fourth-order valence-electron chi connectivity index (χ4n) is 9.06. The summed E-state index contributed by atoms with van der Waals surface area (Å²) in [6.07, 6.45) is -5.96. The molecule has 14 heteroatoms. The van der Waals surface area contributed by atoms with Crippen molar-refractivity contribution in [1.29, 1.82) is 0 Å². The van der Waals surface area contributed by atoms with Crippen LogP contribution < -0.4 is 0 Å². The van der Waals surface area contributed by atoms with E-state index >= 15 is 0 Å². The quantitative estimate of drug-likeness (QED) is 0.172. The first-order valence-electron chi connectivity index (χ1n) is 16.7. The summed E-state index contributed by atoms with van der Waals surface area (Å²) in [6.45, 7) is 10.2. The number of Topliss-reactive ketones (excluding diaryl/α,β-unsaturated/α-hetero) is 1. The number of aliphatic hydroxyl groups is 2. The minimum Gasteiger partial charge on any atom is -0.462 e. The molecule has 0 amide bonds. The third-order valence-electron chi connectivity index (χ3n) is 11.3. The molecule has 4 bridgehead atoms. The Morgan fingerprint density at radius 1 is 0.902 bits per heavy atom. The number of esters is 5. The van der Waals surface area contributed by atoms with Crippen LogP contribution in [-0.4, -0.2) is 101 Å². The van der Waals surface area contributed by atoms with E-state index in [1.54, 1.807) is 31.2 Å². The molecule has 5 rings (SSSR count). The van der Waals surface area contributed by atoms with E-state index in [0.29, 0.717) is 5.56 Å². The van der Waals surface area contributed by atoms with Crippen LogP contribution in [0.5, 0.6) is 0 Å². The maximum absolute atomic E-state index is 14.1. The van der Waals surface area contributed by atoms with Crippen molar-refractivity contribution in [3.05, 3.63) is 54.1 Å². The second kappa shape index (κ2) is 13.6. The van der Waals surface area contributed by atoms with E-state index in [0.717, 1.165) is 27.7 Å². The molecule has 4 fully saturated rings. The predicted molar refractivity (Wildman–Crippen MR) is 175 cm³/mol. The van der Waals surface area contributed by atoms with Gasteiger partial charge in [0.15, 0.2) is 23.6 Å². The molecule has 1 aromatic carbocycles. The molecule has 4 aliphatic rings. The number of benzene rings is 1. The van der Waals surface area contributed by atoms with Crippen molar-refractivity contribution >= 4 is 41.7 Å². The van der Waals surface area contributed by atoms with Gasteiger partial charge in [0.2, 0.25) is 0 Å². The highest BCUT2D eigenvalue weighted by Gasteiger charge is 2.83. The van der Waals surface area contributed by atoms with Gasteiger partial charge in [0, 0.05) is 63.9 Å². The maximum atomic E-state index is 14.1. The molecule has 1 saturated heterocycles. The molecule has 5 unspecified atom stereocenters. The fourth-order valence-corrected chi connectivity index (χ4v) is 9.06. The van der Waals surface area contributed by atoms with Gasteiger partial charge in [-0.1, -0.05) is 43.8 Å². The summed E-state index contributed by atoms with van der Waals surface area (Å²) in [6, 6.07) is 8.93. The molecule has 2 N–H and O–H groups in total. The zero-order valence-corrected chi connectivity index (χ0v) is 29.4. The van der Waals surface area contributed by atoms with Crippen molar-refractivity contribution in [3.8, 4) is 0 Å². The highest BCUT2D eigenvalue weighted by Crippen LogP contribution is 2.67. The third-order valence-corrected chi connectivity index (χ3v) is 11.3. The van der Waals surface area contributed by atoms with Gasteiger partial charge < -0.3 is 38.6 Å². The van der Waals surface area contributed by atoms with E-state index in [9.17, 15) is 39.0 Å². The van der Waals surface area contributed by atoms with Gasteiger partial charge >= 0.3 is 29.8 Å².